The number of aryl methyl sites for hydroxylation is 1. The summed E-state index contributed by atoms with van der Waals surface area (Å²) < 4.78 is 0. The van der Waals surface area contributed by atoms with Crippen molar-refractivity contribution >= 4 is 11.6 Å². The molecule has 2 rings (SSSR count). The van der Waals surface area contributed by atoms with Crippen molar-refractivity contribution in [3.8, 4) is 0 Å². The minimum atomic E-state index is 0.138. The Labute approximate surface area is 104 Å². The number of hydrogen-bond donors (Lipinski definition) is 0. The molecule has 0 aliphatic carbocycles. The summed E-state index contributed by atoms with van der Waals surface area (Å²) in [6.45, 7) is 8.78. The number of hydrogen-bond acceptors (Lipinski definition) is 1. The van der Waals surface area contributed by atoms with Crippen molar-refractivity contribution in [2.75, 3.05) is 11.9 Å². The molecule has 1 amide bonds. The standard InChI is InChI=1S/C15H21NO/c1-10-6-8-12(15(2,3)4)11-7-9-13(17)16(5)14(10)11/h6,8H,7,9H2,1-5H3. The summed E-state index contributed by atoms with van der Waals surface area (Å²) in [5.74, 6) is 0.228. The molecule has 1 aromatic rings. The number of amides is 1. The fourth-order valence-corrected chi connectivity index (χ4v) is 2.70. The molecule has 1 aliphatic rings. The van der Waals surface area contributed by atoms with Crippen LogP contribution in [0.1, 0.15) is 43.9 Å². The Kier molecular flexibility index (Phi) is 2.76. The molecule has 0 N–H and O–H groups in total. The molecule has 0 saturated heterocycles. The van der Waals surface area contributed by atoms with E-state index >= 15 is 0 Å². The molecule has 1 heterocycles. The minimum Gasteiger partial charge on any atom is -0.315 e. The zero-order chi connectivity index (χ0) is 12.8. The fraction of sp³-hybridized carbons (Fsp3) is 0.533. The van der Waals surface area contributed by atoms with Gasteiger partial charge in [-0.3, -0.25) is 4.79 Å². The molecule has 0 aromatic heterocycles. The lowest BCUT2D eigenvalue weighted by Crippen LogP contribution is -2.33. The number of carbonyl (C=O) groups excluding carboxylic acids is 1. The third-order valence-corrected chi connectivity index (χ3v) is 3.59. The SMILES string of the molecule is Cc1ccc(C(C)(C)C)c2c1N(C)C(=O)CC2. The molecular formula is C15H21NO. The topological polar surface area (TPSA) is 20.3 Å². The smallest absolute Gasteiger partial charge is 0.227 e. The molecule has 17 heavy (non-hydrogen) atoms. The first-order valence-electron chi connectivity index (χ1n) is 6.22. The van der Waals surface area contributed by atoms with Crippen LogP contribution in [-0.4, -0.2) is 13.0 Å². The Balaban J connectivity index is 2.66. The summed E-state index contributed by atoms with van der Waals surface area (Å²) >= 11 is 0. The number of benzene rings is 1. The van der Waals surface area contributed by atoms with Crippen molar-refractivity contribution in [2.24, 2.45) is 0 Å². The lowest BCUT2D eigenvalue weighted by atomic mass is 9.80. The quantitative estimate of drug-likeness (QED) is 0.671. The molecule has 1 aromatic carbocycles. The Morgan fingerprint density at radius 3 is 2.41 bits per heavy atom. The fourth-order valence-electron chi connectivity index (χ4n) is 2.70. The summed E-state index contributed by atoms with van der Waals surface area (Å²) in [6.07, 6.45) is 1.52. The lowest BCUT2D eigenvalue weighted by molar-refractivity contribution is -0.118. The molecule has 0 radical (unpaired) electrons. The number of rotatable bonds is 0. The van der Waals surface area contributed by atoms with E-state index in [0.29, 0.717) is 6.42 Å². The number of nitrogens with zero attached hydrogens (tertiary/aromatic N) is 1. The third-order valence-electron chi connectivity index (χ3n) is 3.59. The van der Waals surface area contributed by atoms with Crippen molar-refractivity contribution in [2.45, 2.75) is 46.0 Å². The van der Waals surface area contributed by atoms with E-state index in [9.17, 15) is 4.79 Å². The largest absolute Gasteiger partial charge is 0.315 e. The Hall–Kier alpha value is -1.31. The maximum atomic E-state index is 11.8. The highest BCUT2D eigenvalue weighted by Gasteiger charge is 2.28. The molecular weight excluding hydrogens is 210 g/mol. The van der Waals surface area contributed by atoms with Gasteiger partial charge in [-0.25, -0.2) is 0 Å². The van der Waals surface area contributed by atoms with Crippen LogP contribution in [0.5, 0.6) is 0 Å². The third kappa shape index (κ3) is 1.97. The highest BCUT2D eigenvalue weighted by Crippen LogP contribution is 2.37. The van der Waals surface area contributed by atoms with Crippen molar-refractivity contribution in [3.63, 3.8) is 0 Å². The average molecular weight is 231 g/mol. The Morgan fingerprint density at radius 2 is 1.82 bits per heavy atom. The summed E-state index contributed by atoms with van der Waals surface area (Å²) in [6, 6.07) is 4.35. The van der Waals surface area contributed by atoms with Crippen LogP contribution in [0.25, 0.3) is 0 Å². The van der Waals surface area contributed by atoms with Crippen LogP contribution < -0.4 is 4.90 Å². The number of fused-ring (bicyclic) bond motifs is 1. The van der Waals surface area contributed by atoms with E-state index in [1.54, 1.807) is 0 Å². The highest BCUT2D eigenvalue weighted by molar-refractivity contribution is 5.97. The van der Waals surface area contributed by atoms with Crippen LogP contribution in [0.15, 0.2) is 12.1 Å². The van der Waals surface area contributed by atoms with Gasteiger partial charge < -0.3 is 4.90 Å². The molecule has 2 heteroatoms. The van der Waals surface area contributed by atoms with Crippen LogP contribution in [0, 0.1) is 6.92 Å². The van der Waals surface area contributed by atoms with E-state index in [2.05, 4.69) is 39.8 Å². The van der Waals surface area contributed by atoms with Gasteiger partial charge in [-0.15, -0.1) is 0 Å². The zero-order valence-electron chi connectivity index (χ0n) is 11.4. The summed E-state index contributed by atoms with van der Waals surface area (Å²) in [5, 5.41) is 0. The second kappa shape index (κ2) is 3.86. The van der Waals surface area contributed by atoms with Crippen LogP contribution in [-0.2, 0) is 16.6 Å². The highest BCUT2D eigenvalue weighted by atomic mass is 16.2. The molecule has 2 nitrogen and oxygen atoms in total. The van der Waals surface area contributed by atoms with Gasteiger partial charge in [-0.1, -0.05) is 32.9 Å². The van der Waals surface area contributed by atoms with Crippen molar-refractivity contribution in [1.82, 2.24) is 0 Å². The van der Waals surface area contributed by atoms with Gasteiger partial charge in [0.25, 0.3) is 0 Å². The molecule has 0 spiro atoms. The van der Waals surface area contributed by atoms with Gasteiger partial charge in [0, 0.05) is 19.2 Å². The molecule has 1 aliphatic heterocycles. The summed E-state index contributed by atoms with van der Waals surface area (Å²) in [5.41, 5.74) is 5.20. The molecule has 0 fully saturated rings. The van der Waals surface area contributed by atoms with Crippen LogP contribution >= 0.6 is 0 Å². The van der Waals surface area contributed by atoms with Crippen LogP contribution in [0.4, 0.5) is 5.69 Å². The van der Waals surface area contributed by atoms with Gasteiger partial charge >= 0.3 is 0 Å². The number of carbonyl (C=O) groups is 1. The van der Waals surface area contributed by atoms with E-state index < -0.39 is 0 Å². The van der Waals surface area contributed by atoms with Gasteiger partial charge in [-0.05, 0) is 35.4 Å². The molecule has 0 saturated carbocycles. The second-order valence-electron chi connectivity index (χ2n) is 5.96. The molecule has 92 valence electrons. The Morgan fingerprint density at radius 1 is 1.18 bits per heavy atom. The van der Waals surface area contributed by atoms with Gasteiger partial charge in [0.05, 0.1) is 0 Å². The van der Waals surface area contributed by atoms with Crippen LogP contribution in [0.3, 0.4) is 0 Å². The second-order valence-corrected chi connectivity index (χ2v) is 5.96. The van der Waals surface area contributed by atoms with Gasteiger partial charge in [-0.2, -0.15) is 0 Å². The average Bonchev–Trinajstić information content (AvgIpc) is 2.21. The van der Waals surface area contributed by atoms with Gasteiger partial charge in [0.1, 0.15) is 0 Å². The molecule has 0 atom stereocenters. The van der Waals surface area contributed by atoms with Crippen molar-refractivity contribution in [3.05, 3.63) is 28.8 Å². The first kappa shape index (κ1) is 12.2. The van der Waals surface area contributed by atoms with E-state index in [1.165, 1.54) is 16.7 Å². The zero-order valence-corrected chi connectivity index (χ0v) is 11.4. The molecule has 0 bridgehead atoms. The van der Waals surface area contributed by atoms with E-state index in [-0.39, 0.29) is 11.3 Å². The first-order chi connectivity index (χ1) is 7.82. The van der Waals surface area contributed by atoms with Crippen molar-refractivity contribution in [1.29, 1.82) is 0 Å². The van der Waals surface area contributed by atoms with Crippen LogP contribution in [0.2, 0.25) is 0 Å². The summed E-state index contributed by atoms with van der Waals surface area (Å²) in [7, 11) is 1.89. The lowest BCUT2D eigenvalue weighted by Gasteiger charge is -2.33. The monoisotopic (exact) mass is 231 g/mol. The first-order valence-corrected chi connectivity index (χ1v) is 6.22. The van der Waals surface area contributed by atoms with Gasteiger partial charge in [0.15, 0.2) is 0 Å². The predicted molar refractivity (Wildman–Crippen MR) is 71.6 cm³/mol. The van der Waals surface area contributed by atoms with E-state index in [0.717, 1.165) is 12.1 Å². The number of anilines is 1. The maximum absolute atomic E-state index is 11.8. The normalized spacial score (nSPS) is 16.1. The van der Waals surface area contributed by atoms with Gasteiger partial charge in [0.2, 0.25) is 5.91 Å². The predicted octanol–water partition coefficient (Wildman–Crippen LogP) is 3.20. The molecule has 0 unspecified atom stereocenters. The maximum Gasteiger partial charge on any atom is 0.227 e. The Bertz CT molecular complexity index is 469. The van der Waals surface area contributed by atoms with E-state index in [1.807, 2.05) is 11.9 Å². The van der Waals surface area contributed by atoms with E-state index in [4.69, 9.17) is 0 Å². The minimum absolute atomic E-state index is 0.138. The summed E-state index contributed by atoms with van der Waals surface area (Å²) in [4.78, 5) is 13.6. The van der Waals surface area contributed by atoms with Crippen molar-refractivity contribution < 1.29 is 4.79 Å².